The molecule has 1 aromatic heterocycles. The second kappa shape index (κ2) is 7.21. The molecule has 1 heterocycles. The van der Waals surface area contributed by atoms with Crippen LogP contribution in [-0.4, -0.2) is 46.6 Å². The molecule has 6 heteroatoms. The van der Waals surface area contributed by atoms with E-state index in [4.69, 9.17) is 5.11 Å². The molecule has 3 rings (SSSR count). The van der Waals surface area contributed by atoms with Gasteiger partial charge in [-0.2, -0.15) is 0 Å². The van der Waals surface area contributed by atoms with Crippen LogP contribution in [0.3, 0.4) is 0 Å². The minimum Gasteiger partial charge on any atom is -0.395 e. The number of benzene rings is 1. The molecule has 5 nitrogen and oxygen atoms in total. The van der Waals surface area contributed by atoms with Crippen LogP contribution in [0.4, 0.5) is 5.13 Å². The third-order valence-corrected chi connectivity index (χ3v) is 4.65. The molecule has 0 bridgehead atoms. The molecule has 2 aromatic rings. The Bertz CT molecular complexity index is 665. The van der Waals surface area contributed by atoms with Crippen LogP contribution in [0.5, 0.6) is 0 Å². The SMILES string of the molecule is Cc1ccc(-c2csc(NC(=O)CN(CCO)C3CC3)n2)cc1. The highest BCUT2D eigenvalue weighted by molar-refractivity contribution is 7.14. The zero-order valence-electron chi connectivity index (χ0n) is 13.2. The highest BCUT2D eigenvalue weighted by Gasteiger charge is 2.29. The van der Waals surface area contributed by atoms with Gasteiger partial charge in [0.1, 0.15) is 0 Å². The molecule has 0 spiro atoms. The van der Waals surface area contributed by atoms with Crippen molar-refractivity contribution in [1.82, 2.24) is 9.88 Å². The number of carbonyl (C=O) groups excluding carboxylic acids is 1. The Balaban J connectivity index is 1.59. The van der Waals surface area contributed by atoms with Gasteiger partial charge in [-0.05, 0) is 19.8 Å². The Morgan fingerprint density at radius 1 is 1.39 bits per heavy atom. The number of hydrogen-bond donors (Lipinski definition) is 2. The van der Waals surface area contributed by atoms with Gasteiger partial charge in [-0.25, -0.2) is 4.98 Å². The second-order valence-corrected chi connectivity index (χ2v) is 6.74. The van der Waals surface area contributed by atoms with E-state index >= 15 is 0 Å². The number of nitrogens with zero attached hydrogens (tertiary/aromatic N) is 2. The average molecular weight is 331 g/mol. The molecule has 1 aliphatic carbocycles. The van der Waals surface area contributed by atoms with Gasteiger partial charge >= 0.3 is 0 Å². The maximum Gasteiger partial charge on any atom is 0.240 e. The predicted molar refractivity (Wildman–Crippen MR) is 92.6 cm³/mol. The zero-order chi connectivity index (χ0) is 16.2. The summed E-state index contributed by atoms with van der Waals surface area (Å²) in [5.41, 5.74) is 3.13. The number of thiazole rings is 1. The lowest BCUT2D eigenvalue weighted by molar-refractivity contribution is -0.117. The Labute approximate surface area is 140 Å². The number of aliphatic hydroxyl groups excluding tert-OH is 1. The first-order chi connectivity index (χ1) is 11.2. The summed E-state index contributed by atoms with van der Waals surface area (Å²) in [5, 5.41) is 14.5. The van der Waals surface area contributed by atoms with Gasteiger partial charge in [0.25, 0.3) is 0 Å². The van der Waals surface area contributed by atoms with Crippen molar-refractivity contribution in [3.8, 4) is 11.3 Å². The van der Waals surface area contributed by atoms with E-state index in [-0.39, 0.29) is 12.5 Å². The van der Waals surface area contributed by atoms with Crippen LogP contribution in [0, 0.1) is 6.92 Å². The summed E-state index contributed by atoms with van der Waals surface area (Å²) in [7, 11) is 0. The molecular formula is C17H21N3O2S. The fourth-order valence-electron chi connectivity index (χ4n) is 2.49. The van der Waals surface area contributed by atoms with E-state index in [0.717, 1.165) is 24.1 Å². The number of amides is 1. The smallest absolute Gasteiger partial charge is 0.240 e. The fourth-order valence-corrected chi connectivity index (χ4v) is 3.23. The molecule has 2 N–H and O–H groups in total. The monoisotopic (exact) mass is 331 g/mol. The first kappa shape index (κ1) is 16.1. The van der Waals surface area contributed by atoms with Crippen molar-refractivity contribution >= 4 is 22.4 Å². The highest BCUT2D eigenvalue weighted by atomic mass is 32.1. The molecule has 1 saturated carbocycles. The van der Waals surface area contributed by atoms with Crippen LogP contribution < -0.4 is 5.32 Å². The Hall–Kier alpha value is -1.76. The summed E-state index contributed by atoms with van der Waals surface area (Å²) in [6.45, 7) is 2.99. The third-order valence-electron chi connectivity index (χ3n) is 3.90. The maximum absolute atomic E-state index is 12.2. The van der Waals surface area contributed by atoms with E-state index < -0.39 is 0 Å². The lowest BCUT2D eigenvalue weighted by Crippen LogP contribution is -2.36. The van der Waals surface area contributed by atoms with Crippen molar-refractivity contribution in [3.05, 3.63) is 35.2 Å². The van der Waals surface area contributed by atoms with E-state index in [0.29, 0.717) is 24.3 Å². The molecule has 0 unspecified atom stereocenters. The number of aromatic nitrogens is 1. The summed E-state index contributed by atoms with van der Waals surface area (Å²) >= 11 is 1.43. The number of aliphatic hydroxyl groups is 1. The molecule has 23 heavy (non-hydrogen) atoms. The number of aryl methyl sites for hydroxylation is 1. The minimum atomic E-state index is -0.0739. The summed E-state index contributed by atoms with van der Waals surface area (Å²) in [4.78, 5) is 18.7. The lowest BCUT2D eigenvalue weighted by Gasteiger charge is -2.19. The van der Waals surface area contributed by atoms with Gasteiger partial charge in [0.2, 0.25) is 5.91 Å². The van der Waals surface area contributed by atoms with E-state index in [1.807, 2.05) is 22.4 Å². The molecule has 0 radical (unpaired) electrons. The van der Waals surface area contributed by atoms with Crippen LogP contribution in [0.15, 0.2) is 29.6 Å². The molecule has 1 aromatic carbocycles. The van der Waals surface area contributed by atoms with Crippen molar-refractivity contribution in [2.75, 3.05) is 25.0 Å². The Morgan fingerprint density at radius 2 is 2.13 bits per heavy atom. The maximum atomic E-state index is 12.2. The summed E-state index contributed by atoms with van der Waals surface area (Å²) in [6.07, 6.45) is 2.23. The molecule has 0 atom stereocenters. The van der Waals surface area contributed by atoms with Crippen LogP contribution in [0.2, 0.25) is 0 Å². The number of rotatable bonds is 7. The van der Waals surface area contributed by atoms with Crippen molar-refractivity contribution in [2.45, 2.75) is 25.8 Å². The predicted octanol–water partition coefficient (Wildman–Crippen LogP) is 2.51. The molecule has 1 amide bonds. The van der Waals surface area contributed by atoms with E-state index in [1.165, 1.54) is 16.9 Å². The molecular weight excluding hydrogens is 310 g/mol. The van der Waals surface area contributed by atoms with Crippen LogP contribution in [0.1, 0.15) is 18.4 Å². The molecule has 122 valence electrons. The summed E-state index contributed by atoms with van der Waals surface area (Å²) < 4.78 is 0. The van der Waals surface area contributed by atoms with Gasteiger partial charge in [0, 0.05) is 23.5 Å². The van der Waals surface area contributed by atoms with Crippen LogP contribution in [-0.2, 0) is 4.79 Å². The second-order valence-electron chi connectivity index (χ2n) is 5.88. The normalized spacial score (nSPS) is 14.2. The average Bonchev–Trinajstić information content (AvgIpc) is 3.28. The Kier molecular flexibility index (Phi) is 5.05. The quantitative estimate of drug-likeness (QED) is 0.818. The third kappa shape index (κ3) is 4.37. The van der Waals surface area contributed by atoms with E-state index in [9.17, 15) is 4.79 Å². The van der Waals surface area contributed by atoms with Gasteiger partial charge < -0.3 is 10.4 Å². The van der Waals surface area contributed by atoms with Gasteiger partial charge in [-0.15, -0.1) is 11.3 Å². The molecule has 1 aliphatic rings. The summed E-state index contributed by atoms with van der Waals surface area (Å²) in [5.74, 6) is -0.0739. The van der Waals surface area contributed by atoms with Gasteiger partial charge in [0.15, 0.2) is 5.13 Å². The molecule has 0 saturated heterocycles. The number of hydrogen-bond acceptors (Lipinski definition) is 5. The van der Waals surface area contributed by atoms with Crippen LogP contribution in [0.25, 0.3) is 11.3 Å². The van der Waals surface area contributed by atoms with E-state index in [2.05, 4.69) is 29.4 Å². The lowest BCUT2D eigenvalue weighted by atomic mass is 10.1. The van der Waals surface area contributed by atoms with Gasteiger partial charge in [-0.3, -0.25) is 9.69 Å². The van der Waals surface area contributed by atoms with Gasteiger partial charge in [-0.1, -0.05) is 29.8 Å². The topological polar surface area (TPSA) is 65.5 Å². The van der Waals surface area contributed by atoms with Crippen molar-refractivity contribution in [1.29, 1.82) is 0 Å². The standard InChI is InChI=1S/C17H21N3O2S/c1-12-2-4-13(5-3-12)15-11-23-17(18-15)19-16(22)10-20(8-9-21)14-6-7-14/h2-5,11,14,21H,6-10H2,1H3,(H,18,19,22). The fraction of sp³-hybridized carbons (Fsp3) is 0.412. The number of anilines is 1. The van der Waals surface area contributed by atoms with Crippen molar-refractivity contribution < 1.29 is 9.90 Å². The Morgan fingerprint density at radius 3 is 2.78 bits per heavy atom. The number of carbonyl (C=O) groups is 1. The van der Waals surface area contributed by atoms with Crippen LogP contribution >= 0.6 is 11.3 Å². The number of nitrogens with one attached hydrogen (secondary N) is 1. The van der Waals surface area contributed by atoms with Crippen molar-refractivity contribution in [2.24, 2.45) is 0 Å². The minimum absolute atomic E-state index is 0.0739. The van der Waals surface area contributed by atoms with Gasteiger partial charge in [0.05, 0.1) is 18.8 Å². The molecule has 0 aliphatic heterocycles. The first-order valence-electron chi connectivity index (χ1n) is 7.83. The highest BCUT2D eigenvalue weighted by Crippen LogP contribution is 2.27. The molecule has 1 fully saturated rings. The van der Waals surface area contributed by atoms with E-state index in [1.54, 1.807) is 0 Å². The summed E-state index contributed by atoms with van der Waals surface area (Å²) in [6, 6.07) is 8.62. The zero-order valence-corrected chi connectivity index (χ0v) is 14.0. The first-order valence-corrected chi connectivity index (χ1v) is 8.71. The largest absolute Gasteiger partial charge is 0.395 e. The van der Waals surface area contributed by atoms with Crippen molar-refractivity contribution in [3.63, 3.8) is 0 Å².